The van der Waals surface area contributed by atoms with Gasteiger partial charge < -0.3 is 0 Å². The highest BCUT2D eigenvalue weighted by Crippen LogP contribution is 2.13. The summed E-state index contributed by atoms with van der Waals surface area (Å²) in [5.74, 6) is 0. The van der Waals surface area contributed by atoms with Crippen molar-refractivity contribution < 1.29 is 15.1 Å². The van der Waals surface area contributed by atoms with Gasteiger partial charge in [0.05, 0.1) is 5.48 Å². The van der Waals surface area contributed by atoms with E-state index in [1.807, 2.05) is 0 Å². The number of rotatable bonds is 2. The maximum Gasteiger partial charge on any atom is 0.253 e. The zero-order chi connectivity index (χ0) is 12.6. The number of carbonyl (C=O) groups is 2. The molecule has 4 heteroatoms. The lowest BCUT2D eigenvalue weighted by Crippen LogP contribution is -1.99. The summed E-state index contributed by atoms with van der Waals surface area (Å²) >= 11 is 10.3. The first kappa shape index (κ1) is 5.00. The predicted molar refractivity (Wildman–Crippen MR) is 46.8 cm³/mol. The van der Waals surface area contributed by atoms with Crippen LogP contribution < -0.4 is 0 Å². The molecule has 1 aromatic rings. The van der Waals surface area contributed by atoms with Crippen molar-refractivity contribution in [1.29, 1.82) is 0 Å². The van der Waals surface area contributed by atoms with Crippen LogP contribution in [0.25, 0.3) is 0 Å². The van der Waals surface area contributed by atoms with Crippen molar-refractivity contribution >= 4 is 33.7 Å². The van der Waals surface area contributed by atoms with E-state index in [4.69, 9.17) is 28.7 Å². The molecule has 0 heterocycles. The first-order chi connectivity index (χ1) is 7.29. The van der Waals surface area contributed by atoms with Crippen LogP contribution in [-0.2, 0) is 0 Å². The van der Waals surface area contributed by atoms with Crippen molar-refractivity contribution in [1.82, 2.24) is 0 Å². The minimum absolute atomic E-state index is 0.604. The van der Waals surface area contributed by atoms with Crippen molar-refractivity contribution in [3.63, 3.8) is 0 Å². The predicted octanol–water partition coefficient (Wildman–Crippen LogP) is 2.44. The van der Waals surface area contributed by atoms with E-state index in [2.05, 4.69) is 0 Å². The van der Waals surface area contributed by atoms with E-state index in [9.17, 15) is 9.59 Å². The molecule has 1 rings (SSSR count). The highest BCUT2D eigenvalue weighted by atomic mass is 35.5. The standard InChI is InChI=1S/C8H4Cl2O2/c9-7(11)5-3-1-2-4-6(5)8(10)12/h1-4H/i1D,2D,3D,4D. The summed E-state index contributed by atoms with van der Waals surface area (Å²) < 4.78 is 29.4. The van der Waals surface area contributed by atoms with Gasteiger partial charge in [0.2, 0.25) is 0 Å². The van der Waals surface area contributed by atoms with Crippen molar-refractivity contribution in [2.75, 3.05) is 0 Å². The molecule has 0 bridgehead atoms. The van der Waals surface area contributed by atoms with Gasteiger partial charge in [-0.2, -0.15) is 0 Å². The largest absolute Gasteiger partial charge is 0.276 e. The smallest absolute Gasteiger partial charge is 0.253 e. The van der Waals surface area contributed by atoms with Crippen molar-refractivity contribution in [3.05, 3.63) is 35.3 Å². The first-order valence-electron chi connectivity index (χ1n) is 4.79. The minimum atomic E-state index is -1.16. The second-order valence-corrected chi connectivity index (χ2v) is 2.48. The molecule has 0 saturated heterocycles. The third-order valence-corrected chi connectivity index (χ3v) is 1.46. The number of hydrogen-bond acceptors (Lipinski definition) is 2. The molecule has 0 N–H and O–H groups in total. The molecule has 62 valence electrons. The van der Waals surface area contributed by atoms with E-state index in [1.54, 1.807) is 0 Å². The summed E-state index contributed by atoms with van der Waals surface area (Å²) in [4.78, 5) is 22.0. The van der Waals surface area contributed by atoms with Gasteiger partial charge in [-0.25, -0.2) is 0 Å². The molecule has 0 spiro atoms. The van der Waals surface area contributed by atoms with Gasteiger partial charge in [-0.15, -0.1) is 0 Å². The molecule has 12 heavy (non-hydrogen) atoms. The molecule has 0 atom stereocenters. The number of halogens is 2. The molecule has 0 amide bonds. The summed E-state index contributed by atoms with van der Waals surface area (Å²) in [5.41, 5.74) is -1.21. The summed E-state index contributed by atoms with van der Waals surface area (Å²) in [7, 11) is 0. The Bertz CT molecular complexity index is 457. The lowest BCUT2D eigenvalue weighted by molar-refractivity contribution is 0.105. The van der Waals surface area contributed by atoms with Crippen LogP contribution in [0.5, 0.6) is 0 Å². The lowest BCUT2D eigenvalue weighted by atomic mass is 10.1. The van der Waals surface area contributed by atoms with Gasteiger partial charge in [-0.05, 0) is 35.3 Å². The molecule has 2 nitrogen and oxygen atoms in total. The van der Waals surface area contributed by atoms with Crippen LogP contribution in [0, 0.1) is 0 Å². The van der Waals surface area contributed by atoms with Crippen LogP contribution in [0.3, 0.4) is 0 Å². The Balaban J connectivity index is 3.83. The van der Waals surface area contributed by atoms with Gasteiger partial charge >= 0.3 is 0 Å². The molecular formula is C8H4Cl2O2. The normalized spacial score (nSPS) is 14.2. The lowest BCUT2D eigenvalue weighted by Gasteiger charge is -1.98. The Hall–Kier alpha value is -0.860. The summed E-state index contributed by atoms with van der Waals surface area (Å²) in [5, 5.41) is -2.31. The van der Waals surface area contributed by atoms with E-state index in [-0.39, 0.29) is 0 Å². The van der Waals surface area contributed by atoms with Gasteiger partial charge in [-0.3, -0.25) is 9.59 Å². The molecular weight excluding hydrogens is 199 g/mol. The number of benzene rings is 1. The Morgan fingerprint density at radius 2 is 1.42 bits per heavy atom. The quantitative estimate of drug-likeness (QED) is 0.698. The topological polar surface area (TPSA) is 34.1 Å². The fraction of sp³-hybridized carbons (Fsp3) is 0. The molecule has 0 unspecified atom stereocenters. The van der Waals surface area contributed by atoms with Crippen LogP contribution in [0.2, 0.25) is 0 Å². The van der Waals surface area contributed by atoms with Crippen molar-refractivity contribution in [3.8, 4) is 0 Å². The van der Waals surface area contributed by atoms with E-state index in [0.29, 0.717) is 0 Å². The van der Waals surface area contributed by atoms with Gasteiger partial charge in [0, 0.05) is 11.1 Å². The highest BCUT2D eigenvalue weighted by molar-refractivity contribution is 6.71. The van der Waals surface area contributed by atoms with Gasteiger partial charge in [0.15, 0.2) is 0 Å². The summed E-state index contributed by atoms with van der Waals surface area (Å²) in [6.07, 6.45) is 0. The van der Waals surface area contributed by atoms with Gasteiger partial charge in [0.1, 0.15) is 0 Å². The molecule has 0 radical (unpaired) electrons. The Kier molecular flexibility index (Phi) is 1.54. The van der Waals surface area contributed by atoms with Crippen LogP contribution in [0.1, 0.15) is 26.2 Å². The van der Waals surface area contributed by atoms with Crippen LogP contribution >= 0.6 is 23.2 Å². The fourth-order valence-corrected chi connectivity index (χ4v) is 0.891. The summed E-state index contributed by atoms with van der Waals surface area (Å²) in [6.45, 7) is 0. The molecule has 0 aliphatic rings. The van der Waals surface area contributed by atoms with Crippen molar-refractivity contribution in [2.45, 2.75) is 0 Å². The summed E-state index contributed by atoms with van der Waals surface area (Å²) in [6, 6.07) is -2.64. The Morgan fingerprint density at radius 1 is 1.08 bits per heavy atom. The van der Waals surface area contributed by atoms with E-state index in [0.717, 1.165) is 0 Å². The number of hydrogen-bond donors (Lipinski definition) is 0. The van der Waals surface area contributed by atoms with Crippen molar-refractivity contribution in [2.24, 2.45) is 0 Å². The SMILES string of the molecule is [2H]c1c([2H])c([2H])c(C(=O)Cl)c(C(=O)Cl)c1[2H]. The third-order valence-electron chi connectivity index (χ3n) is 1.08. The zero-order valence-corrected chi connectivity index (χ0v) is 7.08. The van der Waals surface area contributed by atoms with Gasteiger partial charge in [-0.1, -0.05) is 12.1 Å². The third kappa shape index (κ3) is 1.84. The van der Waals surface area contributed by atoms with Crippen LogP contribution in [0.4, 0.5) is 0 Å². The second kappa shape index (κ2) is 3.70. The Morgan fingerprint density at radius 3 is 1.67 bits per heavy atom. The average Bonchev–Trinajstić information content (AvgIpc) is 2.18. The molecule has 0 aromatic heterocycles. The van der Waals surface area contributed by atoms with E-state index >= 15 is 0 Å². The fourth-order valence-electron chi connectivity index (χ4n) is 0.607. The molecule has 0 fully saturated rings. The van der Waals surface area contributed by atoms with Crippen LogP contribution in [-0.4, -0.2) is 10.5 Å². The maximum atomic E-state index is 11.0. The molecule has 1 aromatic carbocycles. The first-order valence-corrected chi connectivity index (χ1v) is 3.54. The number of carbonyl (C=O) groups excluding carboxylic acids is 2. The molecule has 0 aliphatic carbocycles. The Labute approximate surface area is 84.7 Å². The monoisotopic (exact) mass is 206 g/mol. The van der Waals surface area contributed by atoms with E-state index < -0.39 is 45.8 Å². The second-order valence-electron chi connectivity index (χ2n) is 1.80. The van der Waals surface area contributed by atoms with Crippen LogP contribution in [0.15, 0.2) is 24.2 Å². The average molecular weight is 207 g/mol. The minimum Gasteiger partial charge on any atom is -0.276 e. The molecule has 0 saturated carbocycles. The van der Waals surface area contributed by atoms with E-state index in [1.165, 1.54) is 0 Å². The maximum absolute atomic E-state index is 11.0. The highest BCUT2D eigenvalue weighted by Gasteiger charge is 2.12. The van der Waals surface area contributed by atoms with Gasteiger partial charge in [0.25, 0.3) is 10.5 Å². The zero-order valence-electron chi connectivity index (χ0n) is 9.57. The molecule has 0 aliphatic heterocycles.